The van der Waals surface area contributed by atoms with E-state index >= 15 is 0 Å². The maximum atomic E-state index is 13.4. The second-order valence-electron chi connectivity index (χ2n) is 3.40. The molecule has 0 saturated carbocycles. The van der Waals surface area contributed by atoms with Gasteiger partial charge >= 0.3 is 0 Å². The standard InChI is InChI=1S/C11H15ClFN/c1-3-8(2)14-7-9-5-4-6-10(12)11(9)13/h4-6,8,14H,3,7H2,1-2H3. The normalized spacial score (nSPS) is 12.9. The Balaban J connectivity index is 2.63. The summed E-state index contributed by atoms with van der Waals surface area (Å²) in [6.45, 7) is 4.69. The van der Waals surface area contributed by atoms with Gasteiger partial charge in [-0.3, -0.25) is 0 Å². The summed E-state index contributed by atoms with van der Waals surface area (Å²) in [4.78, 5) is 0. The van der Waals surface area contributed by atoms with Crippen LogP contribution in [0, 0.1) is 5.82 Å². The van der Waals surface area contributed by atoms with Crippen molar-refractivity contribution in [2.24, 2.45) is 0 Å². The highest BCUT2D eigenvalue weighted by Gasteiger charge is 2.06. The Hall–Kier alpha value is -0.600. The zero-order valence-electron chi connectivity index (χ0n) is 8.48. The Morgan fingerprint density at radius 3 is 2.86 bits per heavy atom. The van der Waals surface area contributed by atoms with Crippen LogP contribution < -0.4 is 5.32 Å². The molecular formula is C11H15ClFN. The largest absolute Gasteiger partial charge is 0.310 e. The molecule has 0 radical (unpaired) electrons. The average Bonchev–Trinajstić information content (AvgIpc) is 2.20. The van der Waals surface area contributed by atoms with Crippen LogP contribution in [0.1, 0.15) is 25.8 Å². The van der Waals surface area contributed by atoms with Gasteiger partial charge < -0.3 is 5.32 Å². The lowest BCUT2D eigenvalue weighted by Gasteiger charge is -2.11. The third-order valence-corrected chi connectivity index (χ3v) is 2.58. The van der Waals surface area contributed by atoms with Crippen LogP contribution in [-0.2, 0) is 6.54 Å². The van der Waals surface area contributed by atoms with Crippen molar-refractivity contribution in [1.82, 2.24) is 5.32 Å². The Labute approximate surface area is 89.3 Å². The molecule has 3 heteroatoms. The second kappa shape index (κ2) is 5.32. The van der Waals surface area contributed by atoms with E-state index in [9.17, 15) is 4.39 Å². The van der Waals surface area contributed by atoms with E-state index in [-0.39, 0.29) is 10.8 Å². The summed E-state index contributed by atoms with van der Waals surface area (Å²) in [5.41, 5.74) is 0.623. The van der Waals surface area contributed by atoms with E-state index in [1.807, 2.05) is 0 Å². The van der Waals surface area contributed by atoms with Gasteiger partial charge in [-0.05, 0) is 19.4 Å². The van der Waals surface area contributed by atoms with Gasteiger partial charge in [0.05, 0.1) is 5.02 Å². The number of benzene rings is 1. The predicted molar refractivity (Wildman–Crippen MR) is 58.0 cm³/mol. The number of nitrogens with one attached hydrogen (secondary N) is 1. The molecule has 1 nitrogen and oxygen atoms in total. The maximum absolute atomic E-state index is 13.4. The van der Waals surface area contributed by atoms with Gasteiger partial charge in [0.1, 0.15) is 5.82 Å². The molecule has 0 aliphatic carbocycles. The molecule has 1 atom stereocenters. The fourth-order valence-electron chi connectivity index (χ4n) is 1.11. The minimum atomic E-state index is -0.315. The van der Waals surface area contributed by atoms with Crippen LogP contribution in [0.3, 0.4) is 0 Å². The second-order valence-corrected chi connectivity index (χ2v) is 3.81. The lowest BCUT2D eigenvalue weighted by molar-refractivity contribution is 0.517. The molecular weight excluding hydrogens is 201 g/mol. The number of rotatable bonds is 4. The highest BCUT2D eigenvalue weighted by Crippen LogP contribution is 2.17. The zero-order valence-corrected chi connectivity index (χ0v) is 9.24. The van der Waals surface area contributed by atoms with E-state index < -0.39 is 0 Å². The fourth-order valence-corrected chi connectivity index (χ4v) is 1.31. The monoisotopic (exact) mass is 215 g/mol. The van der Waals surface area contributed by atoms with Crippen LogP contribution in [0.15, 0.2) is 18.2 Å². The molecule has 14 heavy (non-hydrogen) atoms. The molecule has 0 fully saturated rings. The van der Waals surface area contributed by atoms with Gasteiger partial charge in [0.2, 0.25) is 0 Å². The minimum Gasteiger partial charge on any atom is -0.310 e. The Bertz CT molecular complexity index is 301. The van der Waals surface area contributed by atoms with E-state index in [4.69, 9.17) is 11.6 Å². The number of hydrogen-bond acceptors (Lipinski definition) is 1. The molecule has 1 aromatic carbocycles. The summed E-state index contributed by atoms with van der Waals surface area (Å²) < 4.78 is 13.4. The molecule has 0 amide bonds. The molecule has 0 aliphatic heterocycles. The molecule has 0 aromatic heterocycles. The number of halogens is 2. The first-order valence-electron chi connectivity index (χ1n) is 4.81. The van der Waals surface area contributed by atoms with Crippen LogP contribution >= 0.6 is 11.6 Å². The van der Waals surface area contributed by atoms with Gasteiger partial charge in [0.25, 0.3) is 0 Å². The smallest absolute Gasteiger partial charge is 0.146 e. The van der Waals surface area contributed by atoms with Crippen molar-refractivity contribution in [2.75, 3.05) is 0 Å². The van der Waals surface area contributed by atoms with Crippen molar-refractivity contribution in [2.45, 2.75) is 32.9 Å². The summed E-state index contributed by atoms with van der Waals surface area (Å²) >= 11 is 5.66. The highest BCUT2D eigenvalue weighted by molar-refractivity contribution is 6.30. The molecule has 1 N–H and O–H groups in total. The SMILES string of the molecule is CCC(C)NCc1cccc(Cl)c1F. The van der Waals surface area contributed by atoms with Crippen LogP contribution in [0.4, 0.5) is 4.39 Å². The summed E-state index contributed by atoms with van der Waals surface area (Å²) in [6, 6.07) is 5.47. The van der Waals surface area contributed by atoms with Crippen molar-refractivity contribution >= 4 is 11.6 Å². The van der Waals surface area contributed by atoms with Crippen molar-refractivity contribution in [3.63, 3.8) is 0 Å². The lowest BCUT2D eigenvalue weighted by Crippen LogP contribution is -2.24. The van der Waals surface area contributed by atoms with E-state index in [0.29, 0.717) is 18.2 Å². The summed E-state index contributed by atoms with van der Waals surface area (Å²) in [5.74, 6) is -0.315. The van der Waals surface area contributed by atoms with E-state index in [0.717, 1.165) is 6.42 Å². The van der Waals surface area contributed by atoms with E-state index in [2.05, 4.69) is 19.2 Å². The van der Waals surface area contributed by atoms with E-state index in [1.54, 1.807) is 18.2 Å². The minimum absolute atomic E-state index is 0.188. The van der Waals surface area contributed by atoms with Gasteiger partial charge in [-0.25, -0.2) is 4.39 Å². The first kappa shape index (κ1) is 11.5. The van der Waals surface area contributed by atoms with Crippen molar-refractivity contribution in [3.05, 3.63) is 34.6 Å². The van der Waals surface area contributed by atoms with Crippen LogP contribution in [0.25, 0.3) is 0 Å². The first-order valence-corrected chi connectivity index (χ1v) is 5.19. The van der Waals surface area contributed by atoms with Crippen molar-refractivity contribution in [1.29, 1.82) is 0 Å². The van der Waals surface area contributed by atoms with Gasteiger partial charge in [-0.2, -0.15) is 0 Å². The van der Waals surface area contributed by atoms with Crippen molar-refractivity contribution in [3.8, 4) is 0 Å². The van der Waals surface area contributed by atoms with E-state index in [1.165, 1.54) is 0 Å². The molecule has 0 aliphatic rings. The molecule has 0 heterocycles. The van der Waals surface area contributed by atoms with Crippen molar-refractivity contribution < 1.29 is 4.39 Å². The third-order valence-electron chi connectivity index (χ3n) is 2.28. The molecule has 0 saturated heterocycles. The average molecular weight is 216 g/mol. The molecule has 1 rings (SSSR count). The van der Waals surface area contributed by atoms with Gasteiger partial charge in [0, 0.05) is 18.2 Å². The Morgan fingerprint density at radius 2 is 2.21 bits per heavy atom. The molecule has 0 bridgehead atoms. The molecule has 1 unspecified atom stereocenters. The zero-order chi connectivity index (χ0) is 10.6. The summed E-state index contributed by atoms with van der Waals surface area (Å²) in [7, 11) is 0. The van der Waals surface area contributed by atoms with Crippen LogP contribution in [-0.4, -0.2) is 6.04 Å². The quantitative estimate of drug-likeness (QED) is 0.812. The summed E-state index contributed by atoms with van der Waals surface area (Å²) in [6.07, 6.45) is 1.03. The first-order chi connectivity index (χ1) is 6.65. The topological polar surface area (TPSA) is 12.0 Å². The Morgan fingerprint density at radius 1 is 1.50 bits per heavy atom. The fraction of sp³-hybridized carbons (Fsp3) is 0.455. The summed E-state index contributed by atoms with van der Waals surface area (Å²) in [5, 5.41) is 3.41. The van der Waals surface area contributed by atoms with Gasteiger partial charge in [-0.1, -0.05) is 30.7 Å². The van der Waals surface area contributed by atoms with Crippen LogP contribution in [0.2, 0.25) is 5.02 Å². The number of hydrogen-bond donors (Lipinski definition) is 1. The Kier molecular flexibility index (Phi) is 4.36. The third kappa shape index (κ3) is 2.96. The van der Waals surface area contributed by atoms with Crippen LogP contribution in [0.5, 0.6) is 0 Å². The lowest BCUT2D eigenvalue weighted by atomic mass is 10.2. The maximum Gasteiger partial charge on any atom is 0.146 e. The molecule has 0 spiro atoms. The molecule has 78 valence electrons. The van der Waals surface area contributed by atoms with Gasteiger partial charge in [0.15, 0.2) is 0 Å². The highest BCUT2D eigenvalue weighted by atomic mass is 35.5. The predicted octanol–water partition coefficient (Wildman–Crippen LogP) is 3.37. The molecule has 1 aromatic rings. The van der Waals surface area contributed by atoms with Gasteiger partial charge in [-0.15, -0.1) is 0 Å².